The Kier molecular flexibility index (Phi) is 3.96. The average molecular weight is 242 g/mol. The molecule has 0 aromatic rings. The number of ether oxygens (including phenoxy) is 1. The summed E-state index contributed by atoms with van der Waals surface area (Å²) in [6.07, 6.45) is 3.45. The minimum Gasteiger partial charge on any atom is -0.460 e. The second-order valence-electron chi connectivity index (χ2n) is 5.31. The van der Waals surface area contributed by atoms with E-state index >= 15 is 0 Å². The van der Waals surface area contributed by atoms with E-state index in [0.717, 1.165) is 18.9 Å². The van der Waals surface area contributed by atoms with Gasteiger partial charge in [-0.3, -0.25) is 0 Å². The maximum absolute atomic E-state index is 11.2. The Morgan fingerprint density at radius 3 is 2.75 bits per heavy atom. The van der Waals surface area contributed by atoms with E-state index in [2.05, 4.69) is 27.0 Å². The molecule has 0 radical (unpaired) electrons. The molecule has 2 unspecified atom stereocenters. The van der Waals surface area contributed by atoms with E-state index in [-0.39, 0.29) is 17.3 Å². The summed E-state index contributed by atoms with van der Waals surface area (Å²) in [5, 5.41) is 0. The summed E-state index contributed by atoms with van der Waals surface area (Å²) >= 11 is 0. The largest absolute Gasteiger partial charge is 0.460 e. The van der Waals surface area contributed by atoms with Crippen molar-refractivity contribution in [2.24, 2.45) is 0 Å². The first-order valence-electron chi connectivity index (χ1n) is 5.82. The van der Waals surface area contributed by atoms with Gasteiger partial charge in [0.25, 0.3) is 0 Å². The highest BCUT2D eigenvalue weighted by atomic mass is 28.4. The van der Waals surface area contributed by atoms with Gasteiger partial charge < -0.3 is 9.16 Å². The number of carbonyl (C=O) groups excluding carboxylic acids is 1. The number of hydrogen-bond acceptors (Lipinski definition) is 3. The van der Waals surface area contributed by atoms with Crippen molar-refractivity contribution in [3.05, 3.63) is 12.7 Å². The van der Waals surface area contributed by atoms with Gasteiger partial charge in [-0.05, 0) is 39.8 Å². The lowest BCUT2D eigenvalue weighted by molar-refractivity contribution is -0.140. The standard InChI is InChI=1S/C12H22O3Si/c1-6-11(13)14-10(2)16(5)9-7-8-12(3,4)15-16/h6,10H,1,7-9H2,2-5H3. The van der Waals surface area contributed by atoms with Crippen LogP contribution >= 0.6 is 0 Å². The van der Waals surface area contributed by atoms with Crippen LogP contribution in [-0.2, 0) is 14.0 Å². The molecular formula is C12H22O3Si. The van der Waals surface area contributed by atoms with Crippen LogP contribution in [0.3, 0.4) is 0 Å². The van der Waals surface area contributed by atoms with E-state index in [9.17, 15) is 4.79 Å². The molecule has 1 aliphatic rings. The van der Waals surface area contributed by atoms with Gasteiger partial charge in [0, 0.05) is 6.08 Å². The zero-order valence-corrected chi connectivity index (χ0v) is 11.7. The van der Waals surface area contributed by atoms with Gasteiger partial charge in [-0.1, -0.05) is 13.0 Å². The Balaban J connectivity index is 2.68. The van der Waals surface area contributed by atoms with E-state index in [4.69, 9.17) is 9.16 Å². The molecule has 4 heteroatoms. The van der Waals surface area contributed by atoms with E-state index in [0.29, 0.717) is 0 Å². The minimum atomic E-state index is -1.95. The lowest BCUT2D eigenvalue weighted by atomic mass is 10.0. The average Bonchev–Trinajstić information content (AvgIpc) is 2.15. The van der Waals surface area contributed by atoms with Crippen LogP contribution < -0.4 is 0 Å². The zero-order chi connectivity index (χ0) is 12.4. The molecule has 2 atom stereocenters. The van der Waals surface area contributed by atoms with Gasteiger partial charge in [-0.2, -0.15) is 0 Å². The van der Waals surface area contributed by atoms with Crippen molar-refractivity contribution in [3.8, 4) is 0 Å². The maximum atomic E-state index is 11.2. The van der Waals surface area contributed by atoms with Crippen molar-refractivity contribution in [3.63, 3.8) is 0 Å². The van der Waals surface area contributed by atoms with Gasteiger partial charge in [0.1, 0.15) is 5.73 Å². The minimum absolute atomic E-state index is 0.0753. The molecule has 1 heterocycles. The summed E-state index contributed by atoms with van der Waals surface area (Å²) in [5.74, 6) is -0.354. The molecule has 1 aliphatic heterocycles. The molecule has 0 N–H and O–H groups in total. The second-order valence-corrected chi connectivity index (χ2v) is 9.45. The molecule has 92 valence electrons. The van der Waals surface area contributed by atoms with Gasteiger partial charge in [0.2, 0.25) is 8.32 Å². The van der Waals surface area contributed by atoms with Gasteiger partial charge >= 0.3 is 5.97 Å². The summed E-state index contributed by atoms with van der Waals surface area (Å²) in [5.41, 5.74) is -0.189. The summed E-state index contributed by atoms with van der Waals surface area (Å²) in [7, 11) is -1.95. The lowest BCUT2D eigenvalue weighted by Crippen LogP contribution is -2.55. The molecule has 3 nitrogen and oxygen atoms in total. The Morgan fingerprint density at radius 1 is 1.62 bits per heavy atom. The zero-order valence-electron chi connectivity index (χ0n) is 10.7. The highest BCUT2D eigenvalue weighted by Gasteiger charge is 2.45. The van der Waals surface area contributed by atoms with Crippen LogP contribution in [0.25, 0.3) is 0 Å². The van der Waals surface area contributed by atoms with E-state index in [1.165, 1.54) is 6.08 Å². The Morgan fingerprint density at radius 2 is 2.25 bits per heavy atom. The van der Waals surface area contributed by atoms with Crippen molar-refractivity contribution < 1.29 is 14.0 Å². The lowest BCUT2D eigenvalue weighted by Gasteiger charge is -2.44. The van der Waals surface area contributed by atoms with Crippen LogP contribution in [-0.4, -0.2) is 25.6 Å². The smallest absolute Gasteiger partial charge is 0.330 e. The summed E-state index contributed by atoms with van der Waals surface area (Å²) in [6, 6.07) is 1.06. The second kappa shape index (κ2) is 4.71. The Bertz CT molecular complexity index is 288. The SMILES string of the molecule is C=CC(=O)OC(C)[Si]1(C)CCCC(C)(C)O1. The molecule has 0 aromatic heterocycles. The highest BCUT2D eigenvalue weighted by molar-refractivity contribution is 6.74. The highest BCUT2D eigenvalue weighted by Crippen LogP contribution is 2.35. The summed E-state index contributed by atoms with van der Waals surface area (Å²) in [6.45, 7) is 11.7. The fourth-order valence-corrected chi connectivity index (χ4v) is 5.51. The number of carbonyl (C=O) groups is 1. The molecule has 16 heavy (non-hydrogen) atoms. The molecule has 1 rings (SSSR count). The predicted molar refractivity (Wildman–Crippen MR) is 66.6 cm³/mol. The fourth-order valence-electron chi connectivity index (χ4n) is 2.23. The number of rotatable bonds is 3. The van der Waals surface area contributed by atoms with Crippen molar-refractivity contribution in [2.45, 2.75) is 57.5 Å². The fraction of sp³-hybridized carbons (Fsp3) is 0.750. The normalized spacial score (nSPS) is 30.5. The third kappa shape index (κ3) is 3.19. The summed E-state index contributed by atoms with van der Waals surface area (Å²) < 4.78 is 11.5. The van der Waals surface area contributed by atoms with Crippen molar-refractivity contribution in [2.75, 3.05) is 0 Å². The van der Waals surface area contributed by atoms with E-state index in [1.54, 1.807) is 0 Å². The quantitative estimate of drug-likeness (QED) is 0.434. The third-order valence-corrected chi connectivity index (χ3v) is 7.48. The van der Waals surface area contributed by atoms with Crippen LogP contribution in [0.4, 0.5) is 0 Å². The van der Waals surface area contributed by atoms with Gasteiger partial charge in [0.05, 0.1) is 5.60 Å². The van der Waals surface area contributed by atoms with E-state index < -0.39 is 8.32 Å². The van der Waals surface area contributed by atoms with Crippen LogP contribution in [0, 0.1) is 0 Å². The molecule has 1 saturated heterocycles. The maximum Gasteiger partial charge on any atom is 0.330 e. The first kappa shape index (κ1) is 13.5. The van der Waals surface area contributed by atoms with Crippen molar-refractivity contribution in [1.29, 1.82) is 0 Å². The van der Waals surface area contributed by atoms with Gasteiger partial charge in [-0.15, -0.1) is 0 Å². The Hall–Kier alpha value is -0.613. The monoisotopic (exact) mass is 242 g/mol. The Labute approximate surface area is 99.0 Å². The molecule has 0 spiro atoms. The van der Waals surface area contributed by atoms with Crippen LogP contribution in [0.5, 0.6) is 0 Å². The molecule has 1 fully saturated rings. The molecule has 0 aromatic carbocycles. The number of hydrogen-bond donors (Lipinski definition) is 0. The van der Waals surface area contributed by atoms with Gasteiger partial charge in [0.15, 0.2) is 0 Å². The van der Waals surface area contributed by atoms with Crippen molar-refractivity contribution >= 4 is 14.3 Å². The molecule has 0 aliphatic carbocycles. The molecule has 0 saturated carbocycles. The van der Waals surface area contributed by atoms with Gasteiger partial charge in [-0.25, -0.2) is 4.79 Å². The molecular weight excluding hydrogens is 220 g/mol. The van der Waals surface area contributed by atoms with Crippen molar-refractivity contribution in [1.82, 2.24) is 0 Å². The predicted octanol–water partition coefficient (Wildman–Crippen LogP) is 2.81. The van der Waals surface area contributed by atoms with Crippen LogP contribution in [0.1, 0.15) is 33.6 Å². The topological polar surface area (TPSA) is 35.5 Å². The number of esters is 1. The van der Waals surface area contributed by atoms with E-state index in [1.807, 2.05) is 6.92 Å². The van der Waals surface area contributed by atoms with Crippen LogP contribution in [0.15, 0.2) is 12.7 Å². The summed E-state index contributed by atoms with van der Waals surface area (Å²) in [4.78, 5) is 11.2. The first-order valence-corrected chi connectivity index (χ1v) is 8.51. The van der Waals surface area contributed by atoms with Crippen LogP contribution in [0.2, 0.25) is 12.6 Å². The molecule has 0 amide bonds. The third-order valence-electron chi connectivity index (χ3n) is 3.28. The molecule has 0 bridgehead atoms. The first-order chi connectivity index (χ1) is 7.29.